The Hall–Kier alpha value is -2.47. The van der Waals surface area contributed by atoms with Crippen LogP contribution in [0.3, 0.4) is 0 Å². The van der Waals surface area contributed by atoms with Crippen LogP contribution < -0.4 is 11.3 Å². The van der Waals surface area contributed by atoms with Crippen molar-refractivity contribution in [3.63, 3.8) is 0 Å². The predicted molar refractivity (Wildman–Crippen MR) is 107 cm³/mol. The van der Waals surface area contributed by atoms with E-state index in [1.807, 2.05) is 58.0 Å². The first-order chi connectivity index (χ1) is 12.4. The summed E-state index contributed by atoms with van der Waals surface area (Å²) < 4.78 is 1.51. The molecular weight excluding hydrogens is 346 g/mol. The normalized spacial score (nSPS) is 12.7. The zero-order chi connectivity index (χ0) is 19.0. The van der Waals surface area contributed by atoms with Crippen LogP contribution in [0, 0.1) is 6.92 Å². The molecule has 0 fully saturated rings. The number of thiophene rings is 1. The van der Waals surface area contributed by atoms with Crippen molar-refractivity contribution in [1.29, 1.82) is 0 Å². The van der Waals surface area contributed by atoms with Crippen molar-refractivity contribution in [3.8, 4) is 11.1 Å². The Bertz CT molecular complexity index is 1020. The Morgan fingerprint density at radius 1 is 1.27 bits per heavy atom. The highest BCUT2D eigenvalue weighted by atomic mass is 32.1. The molecule has 0 aliphatic carbocycles. The highest BCUT2D eigenvalue weighted by Crippen LogP contribution is 2.36. The number of carbonyl (C=O) groups is 1. The highest BCUT2D eigenvalue weighted by molar-refractivity contribution is 7.19. The Morgan fingerprint density at radius 3 is 2.46 bits per heavy atom. The first kappa shape index (κ1) is 18.3. The first-order valence-corrected chi connectivity index (χ1v) is 9.58. The lowest BCUT2D eigenvalue weighted by Gasteiger charge is -2.21. The number of aromatic nitrogens is 2. The van der Waals surface area contributed by atoms with Crippen LogP contribution >= 0.6 is 11.3 Å². The van der Waals surface area contributed by atoms with Gasteiger partial charge in [-0.25, -0.2) is 4.98 Å². The van der Waals surface area contributed by atoms with E-state index in [1.54, 1.807) is 0 Å². The lowest BCUT2D eigenvalue weighted by atomic mass is 10.0. The van der Waals surface area contributed by atoms with Gasteiger partial charge >= 0.3 is 0 Å². The molecule has 2 heterocycles. The molecule has 0 aliphatic heterocycles. The summed E-state index contributed by atoms with van der Waals surface area (Å²) in [4.78, 5) is 32.0. The van der Waals surface area contributed by atoms with Crippen molar-refractivity contribution in [3.05, 3.63) is 51.4 Å². The average molecular weight is 369 g/mol. The Labute approximate surface area is 156 Å². The monoisotopic (exact) mass is 369 g/mol. The molecule has 0 aliphatic rings. The summed E-state index contributed by atoms with van der Waals surface area (Å²) in [5.74, 6) is 0.1000. The highest BCUT2D eigenvalue weighted by Gasteiger charge is 2.26. The molecule has 0 saturated heterocycles. The van der Waals surface area contributed by atoms with Gasteiger partial charge in [0.15, 0.2) is 0 Å². The molecule has 1 amide bonds. The zero-order valence-electron chi connectivity index (χ0n) is 15.4. The van der Waals surface area contributed by atoms with Crippen LogP contribution in [0.2, 0.25) is 0 Å². The summed E-state index contributed by atoms with van der Waals surface area (Å²) in [7, 11) is 0. The van der Waals surface area contributed by atoms with Crippen LogP contribution in [-0.2, 0) is 4.79 Å². The second-order valence-corrected chi connectivity index (χ2v) is 7.91. The minimum Gasteiger partial charge on any atom is -0.368 e. The van der Waals surface area contributed by atoms with E-state index in [4.69, 9.17) is 10.7 Å². The number of hydrogen-bond acceptors (Lipinski definition) is 4. The summed E-state index contributed by atoms with van der Waals surface area (Å²) in [5, 5.41) is 0.572. The summed E-state index contributed by atoms with van der Waals surface area (Å²) in [6, 6.07) is 9.12. The Morgan fingerprint density at radius 2 is 1.92 bits per heavy atom. The van der Waals surface area contributed by atoms with Gasteiger partial charge in [-0.05, 0) is 18.9 Å². The molecule has 2 aromatic heterocycles. The fourth-order valence-corrected chi connectivity index (χ4v) is 4.40. The third kappa shape index (κ3) is 2.94. The van der Waals surface area contributed by atoms with Gasteiger partial charge in [-0.15, -0.1) is 11.3 Å². The van der Waals surface area contributed by atoms with E-state index in [-0.39, 0.29) is 11.5 Å². The van der Waals surface area contributed by atoms with E-state index in [2.05, 4.69) is 0 Å². The van der Waals surface area contributed by atoms with Crippen LogP contribution in [0.1, 0.15) is 49.9 Å². The van der Waals surface area contributed by atoms with Crippen molar-refractivity contribution in [1.82, 2.24) is 9.55 Å². The van der Waals surface area contributed by atoms with E-state index in [0.717, 1.165) is 16.0 Å². The second-order valence-electron chi connectivity index (χ2n) is 6.71. The smallest absolute Gasteiger partial charge is 0.263 e. The lowest BCUT2D eigenvalue weighted by molar-refractivity contribution is -0.121. The number of fused-ring (bicyclic) bond motifs is 1. The fourth-order valence-electron chi connectivity index (χ4n) is 3.36. The quantitative estimate of drug-likeness (QED) is 0.738. The molecular formula is C20H23N3O2S. The van der Waals surface area contributed by atoms with Crippen molar-refractivity contribution in [2.45, 2.75) is 46.1 Å². The number of aryl methyl sites for hydroxylation is 1. The summed E-state index contributed by atoms with van der Waals surface area (Å²) >= 11 is 1.52. The molecule has 26 heavy (non-hydrogen) atoms. The van der Waals surface area contributed by atoms with Crippen LogP contribution in [0.5, 0.6) is 0 Å². The van der Waals surface area contributed by atoms with Gasteiger partial charge in [-0.2, -0.15) is 0 Å². The molecule has 1 atom stereocenters. The largest absolute Gasteiger partial charge is 0.368 e. The number of hydrogen-bond donors (Lipinski definition) is 1. The van der Waals surface area contributed by atoms with Crippen LogP contribution in [0.25, 0.3) is 21.3 Å². The summed E-state index contributed by atoms with van der Waals surface area (Å²) in [6.45, 7) is 7.79. The van der Waals surface area contributed by atoms with Gasteiger partial charge in [0.25, 0.3) is 5.56 Å². The van der Waals surface area contributed by atoms with Crippen molar-refractivity contribution < 1.29 is 4.79 Å². The van der Waals surface area contributed by atoms with Crippen molar-refractivity contribution in [2.24, 2.45) is 5.73 Å². The van der Waals surface area contributed by atoms with Crippen molar-refractivity contribution >= 4 is 27.5 Å². The van der Waals surface area contributed by atoms with E-state index >= 15 is 0 Å². The number of nitrogens with zero attached hydrogens (tertiary/aromatic N) is 2. The predicted octanol–water partition coefficient (Wildman–Crippen LogP) is 3.99. The molecule has 3 aromatic rings. The second kappa shape index (κ2) is 7.03. The van der Waals surface area contributed by atoms with Gasteiger partial charge in [0, 0.05) is 16.4 Å². The standard InChI is InChI=1S/C20H23N3O2S/c1-5-14(17(21)24)23-18(11(2)3)22-19-16(20(23)25)15(12(4)26-19)13-9-7-6-8-10-13/h6-11,14H,5H2,1-4H3,(H2,21,24). The van der Waals surface area contributed by atoms with E-state index in [0.29, 0.717) is 22.5 Å². The maximum atomic E-state index is 13.5. The number of nitrogens with two attached hydrogens (primary N) is 1. The summed E-state index contributed by atoms with van der Waals surface area (Å²) in [5.41, 5.74) is 7.28. The van der Waals surface area contributed by atoms with Gasteiger partial charge < -0.3 is 5.73 Å². The van der Waals surface area contributed by atoms with Gasteiger partial charge in [0.2, 0.25) is 5.91 Å². The summed E-state index contributed by atoms with van der Waals surface area (Å²) in [6.07, 6.45) is 0.450. The van der Waals surface area contributed by atoms with E-state index in [1.165, 1.54) is 15.9 Å². The first-order valence-electron chi connectivity index (χ1n) is 8.77. The van der Waals surface area contributed by atoms with Gasteiger partial charge in [-0.1, -0.05) is 51.1 Å². The molecule has 1 unspecified atom stereocenters. The fraction of sp³-hybridized carbons (Fsp3) is 0.350. The molecule has 136 valence electrons. The van der Waals surface area contributed by atoms with E-state index in [9.17, 15) is 9.59 Å². The molecule has 6 heteroatoms. The number of benzene rings is 1. The van der Waals surface area contributed by atoms with Crippen LogP contribution in [0.15, 0.2) is 35.1 Å². The minimum atomic E-state index is -0.694. The van der Waals surface area contributed by atoms with Gasteiger partial charge in [0.1, 0.15) is 16.7 Å². The molecule has 0 radical (unpaired) electrons. The molecule has 5 nitrogen and oxygen atoms in total. The Balaban J connectivity index is 2.44. The number of carbonyl (C=O) groups excluding carboxylic acids is 1. The number of amides is 1. The van der Waals surface area contributed by atoms with Crippen LogP contribution in [0.4, 0.5) is 0 Å². The lowest BCUT2D eigenvalue weighted by Crippen LogP contribution is -2.36. The van der Waals surface area contributed by atoms with Gasteiger partial charge in [0.05, 0.1) is 5.39 Å². The number of rotatable bonds is 5. The molecule has 3 rings (SSSR count). The molecule has 1 aromatic carbocycles. The average Bonchev–Trinajstić information content (AvgIpc) is 2.94. The minimum absolute atomic E-state index is 0.00285. The third-order valence-corrected chi connectivity index (χ3v) is 5.57. The molecule has 0 spiro atoms. The maximum Gasteiger partial charge on any atom is 0.263 e. The molecule has 0 bridgehead atoms. The topological polar surface area (TPSA) is 78.0 Å². The maximum absolute atomic E-state index is 13.5. The van der Waals surface area contributed by atoms with Crippen LogP contribution in [-0.4, -0.2) is 15.5 Å². The number of primary amides is 1. The molecule has 2 N–H and O–H groups in total. The SMILES string of the molecule is CCC(C(N)=O)n1c(C(C)C)nc2sc(C)c(-c3ccccc3)c2c1=O. The zero-order valence-corrected chi connectivity index (χ0v) is 16.3. The van der Waals surface area contributed by atoms with Gasteiger partial charge in [-0.3, -0.25) is 14.2 Å². The van der Waals surface area contributed by atoms with Crippen molar-refractivity contribution in [2.75, 3.05) is 0 Å². The third-order valence-electron chi connectivity index (χ3n) is 4.57. The molecule has 0 saturated carbocycles. The van der Waals surface area contributed by atoms with E-state index < -0.39 is 11.9 Å². The Kier molecular flexibility index (Phi) is 4.96.